The molecule has 0 aliphatic carbocycles. The van der Waals surface area contributed by atoms with Crippen LogP contribution in [0.5, 0.6) is 0 Å². The second-order valence-electron chi connectivity index (χ2n) is 5.66. The fourth-order valence-corrected chi connectivity index (χ4v) is 3.03. The van der Waals surface area contributed by atoms with E-state index in [0.717, 1.165) is 38.9 Å². The molecule has 0 bridgehead atoms. The van der Waals surface area contributed by atoms with Gasteiger partial charge in [0.15, 0.2) is 0 Å². The fourth-order valence-electron chi connectivity index (χ4n) is 3.03. The van der Waals surface area contributed by atoms with Gasteiger partial charge in [0, 0.05) is 25.9 Å². The molecule has 19 heavy (non-hydrogen) atoms. The van der Waals surface area contributed by atoms with Crippen LogP contribution < -0.4 is 0 Å². The molecular weight excluding hydrogens is 238 g/mol. The van der Waals surface area contributed by atoms with Crippen LogP contribution in [0, 0.1) is 5.92 Å². The topological polar surface area (TPSA) is 41.3 Å². The zero-order valence-corrected chi connectivity index (χ0v) is 12.3. The maximum absolute atomic E-state index is 8.99. The normalized spacial score (nSPS) is 20.5. The minimum atomic E-state index is 0.321. The predicted octanol–water partition coefficient (Wildman–Crippen LogP) is 2.45. The van der Waals surface area contributed by atoms with Crippen LogP contribution >= 0.6 is 0 Å². The quantitative estimate of drug-likeness (QED) is 0.823. The van der Waals surface area contributed by atoms with E-state index in [4.69, 9.17) is 10.2 Å². The Morgan fingerprint density at radius 3 is 2.89 bits per heavy atom. The lowest BCUT2D eigenvalue weighted by molar-refractivity contribution is 0.248. The summed E-state index contributed by atoms with van der Waals surface area (Å²) in [6, 6.07) is 2.69. The van der Waals surface area contributed by atoms with E-state index < -0.39 is 0 Å². The van der Waals surface area contributed by atoms with Crippen molar-refractivity contribution in [2.24, 2.45) is 5.92 Å². The van der Waals surface area contributed by atoms with Gasteiger partial charge in [-0.05, 0) is 44.2 Å². The minimum Gasteiger partial charge on any atom is -0.396 e. The molecule has 1 aliphatic rings. The number of rotatable bonds is 7. The summed E-state index contributed by atoms with van der Waals surface area (Å²) >= 11 is 0. The third-order valence-electron chi connectivity index (χ3n) is 4.27. The van der Waals surface area contributed by atoms with Gasteiger partial charge in [-0.1, -0.05) is 13.8 Å². The Morgan fingerprint density at radius 2 is 2.21 bits per heavy atom. The van der Waals surface area contributed by atoms with Crippen LogP contribution in [0.1, 0.15) is 51.3 Å². The molecule has 1 saturated heterocycles. The van der Waals surface area contributed by atoms with Gasteiger partial charge in [-0.15, -0.1) is 0 Å². The van der Waals surface area contributed by atoms with E-state index in [1.54, 1.807) is 0 Å². The summed E-state index contributed by atoms with van der Waals surface area (Å²) in [4.78, 5) is 2.46. The van der Waals surface area contributed by atoms with E-state index in [2.05, 4.69) is 35.7 Å². The summed E-state index contributed by atoms with van der Waals surface area (Å²) in [7, 11) is 0. The average Bonchev–Trinajstić information content (AvgIpc) is 3.02. The summed E-state index contributed by atoms with van der Waals surface area (Å²) in [5.74, 6) is 0.672. The van der Waals surface area contributed by atoms with Gasteiger partial charge in [-0.25, -0.2) is 0 Å². The smallest absolute Gasteiger partial charge is 0.0764 e. The van der Waals surface area contributed by atoms with Crippen molar-refractivity contribution in [2.75, 3.05) is 19.7 Å². The first-order chi connectivity index (χ1) is 9.26. The van der Waals surface area contributed by atoms with Crippen molar-refractivity contribution in [3.05, 3.63) is 18.0 Å². The SMILES string of the molecule is CCC(CC)n1ccc(CN2CCC(CCO)C2)n1. The number of aliphatic hydroxyl groups excluding tert-OH is 1. The van der Waals surface area contributed by atoms with Gasteiger partial charge >= 0.3 is 0 Å². The number of likely N-dealkylation sites (tertiary alicyclic amines) is 1. The van der Waals surface area contributed by atoms with Crippen molar-refractivity contribution < 1.29 is 5.11 Å². The van der Waals surface area contributed by atoms with Crippen LogP contribution in [0.15, 0.2) is 12.3 Å². The molecule has 1 fully saturated rings. The molecule has 1 aromatic rings. The van der Waals surface area contributed by atoms with Crippen molar-refractivity contribution in [1.82, 2.24) is 14.7 Å². The molecule has 4 nitrogen and oxygen atoms in total. The van der Waals surface area contributed by atoms with Crippen molar-refractivity contribution in [2.45, 2.75) is 52.1 Å². The second-order valence-corrected chi connectivity index (χ2v) is 5.66. The van der Waals surface area contributed by atoms with Gasteiger partial charge in [-0.3, -0.25) is 9.58 Å². The third-order valence-corrected chi connectivity index (χ3v) is 4.27. The van der Waals surface area contributed by atoms with E-state index in [1.807, 2.05) is 0 Å². The molecular formula is C15H27N3O. The largest absolute Gasteiger partial charge is 0.396 e. The second kappa shape index (κ2) is 7.06. The molecule has 0 spiro atoms. The molecule has 0 aromatic carbocycles. The standard InChI is InChI=1S/C15H27N3O/c1-3-15(4-2)18-9-6-14(16-18)12-17-8-5-13(11-17)7-10-19/h6,9,13,15,19H,3-5,7-8,10-12H2,1-2H3. The van der Waals surface area contributed by atoms with Gasteiger partial charge in [-0.2, -0.15) is 5.10 Å². The van der Waals surface area contributed by atoms with Crippen LogP contribution in [-0.4, -0.2) is 39.5 Å². The van der Waals surface area contributed by atoms with E-state index in [-0.39, 0.29) is 0 Å². The van der Waals surface area contributed by atoms with Crippen molar-refractivity contribution in [1.29, 1.82) is 0 Å². The lowest BCUT2D eigenvalue weighted by Crippen LogP contribution is -2.21. The number of aromatic nitrogens is 2. The van der Waals surface area contributed by atoms with Crippen molar-refractivity contribution >= 4 is 0 Å². The molecule has 0 radical (unpaired) electrons. The highest BCUT2D eigenvalue weighted by Gasteiger charge is 2.22. The molecule has 0 saturated carbocycles. The fraction of sp³-hybridized carbons (Fsp3) is 0.800. The first-order valence-electron chi connectivity index (χ1n) is 7.64. The Hall–Kier alpha value is -0.870. The van der Waals surface area contributed by atoms with E-state index >= 15 is 0 Å². The van der Waals surface area contributed by atoms with Crippen LogP contribution in [0.2, 0.25) is 0 Å². The highest BCUT2D eigenvalue weighted by atomic mass is 16.3. The molecule has 1 unspecified atom stereocenters. The average molecular weight is 265 g/mol. The van der Waals surface area contributed by atoms with Crippen LogP contribution in [0.4, 0.5) is 0 Å². The summed E-state index contributed by atoms with van der Waals surface area (Å²) < 4.78 is 2.12. The number of aliphatic hydroxyl groups is 1. The first kappa shape index (κ1) is 14.5. The highest BCUT2D eigenvalue weighted by Crippen LogP contribution is 2.21. The Morgan fingerprint density at radius 1 is 1.42 bits per heavy atom. The maximum Gasteiger partial charge on any atom is 0.0764 e. The van der Waals surface area contributed by atoms with Gasteiger partial charge < -0.3 is 5.11 Å². The molecule has 2 rings (SSSR count). The first-order valence-corrected chi connectivity index (χ1v) is 7.64. The van der Waals surface area contributed by atoms with E-state index in [1.165, 1.54) is 12.1 Å². The molecule has 1 N–H and O–H groups in total. The lowest BCUT2D eigenvalue weighted by Gasteiger charge is -2.15. The van der Waals surface area contributed by atoms with Crippen molar-refractivity contribution in [3.63, 3.8) is 0 Å². The monoisotopic (exact) mass is 265 g/mol. The van der Waals surface area contributed by atoms with Gasteiger partial charge in [0.1, 0.15) is 0 Å². The number of hydrogen-bond acceptors (Lipinski definition) is 3. The number of nitrogens with zero attached hydrogens (tertiary/aromatic N) is 3. The Bertz CT molecular complexity index is 373. The molecule has 108 valence electrons. The zero-order valence-electron chi connectivity index (χ0n) is 12.3. The van der Waals surface area contributed by atoms with Gasteiger partial charge in [0.05, 0.1) is 11.7 Å². The molecule has 1 aromatic heterocycles. The van der Waals surface area contributed by atoms with E-state index in [0.29, 0.717) is 18.6 Å². The summed E-state index contributed by atoms with van der Waals surface area (Å²) in [5.41, 5.74) is 1.18. The number of hydrogen-bond donors (Lipinski definition) is 1. The molecule has 4 heteroatoms. The van der Waals surface area contributed by atoms with Crippen LogP contribution in [-0.2, 0) is 6.54 Å². The van der Waals surface area contributed by atoms with Crippen LogP contribution in [0.25, 0.3) is 0 Å². The maximum atomic E-state index is 8.99. The summed E-state index contributed by atoms with van der Waals surface area (Å²) in [6.45, 7) is 7.96. The zero-order chi connectivity index (χ0) is 13.7. The molecule has 0 amide bonds. The Balaban J connectivity index is 1.87. The summed E-state index contributed by atoms with van der Waals surface area (Å²) in [5, 5.41) is 13.7. The molecule has 1 aliphatic heterocycles. The van der Waals surface area contributed by atoms with Crippen LogP contribution in [0.3, 0.4) is 0 Å². The molecule has 2 heterocycles. The Kier molecular flexibility index (Phi) is 5.40. The summed E-state index contributed by atoms with van der Waals surface area (Å²) in [6.07, 6.45) is 6.56. The van der Waals surface area contributed by atoms with Gasteiger partial charge in [0.2, 0.25) is 0 Å². The van der Waals surface area contributed by atoms with Crippen molar-refractivity contribution in [3.8, 4) is 0 Å². The Labute approximate surface area is 116 Å². The lowest BCUT2D eigenvalue weighted by atomic mass is 10.1. The predicted molar refractivity (Wildman–Crippen MR) is 76.9 cm³/mol. The van der Waals surface area contributed by atoms with Gasteiger partial charge in [0.25, 0.3) is 0 Å². The third kappa shape index (κ3) is 3.80. The highest BCUT2D eigenvalue weighted by molar-refractivity contribution is 5.00. The minimum absolute atomic E-state index is 0.321. The molecule has 1 atom stereocenters. The van der Waals surface area contributed by atoms with E-state index in [9.17, 15) is 0 Å².